The fourth-order valence-electron chi connectivity index (χ4n) is 3.07. The van der Waals surface area contributed by atoms with Crippen LogP contribution in [0.25, 0.3) is 11.9 Å². The summed E-state index contributed by atoms with van der Waals surface area (Å²) in [6, 6.07) is 1.87. The number of aliphatic imine (C=N–C) groups is 1. The molecule has 1 aliphatic rings. The second kappa shape index (κ2) is 8.88. The fourth-order valence-corrected chi connectivity index (χ4v) is 4.58. The van der Waals surface area contributed by atoms with Gasteiger partial charge in [0.1, 0.15) is 11.2 Å². The predicted octanol–water partition coefficient (Wildman–Crippen LogP) is 2.83. The maximum Gasteiger partial charge on any atom is 0.341 e. The molecule has 1 aliphatic heterocycles. The van der Waals surface area contributed by atoms with Crippen LogP contribution in [0.2, 0.25) is 0 Å². The molecule has 33 heavy (non-hydrogen) atoms. The lowest BCUT2D eigenvalue weighted by molar-refractivity contribution is -0.139. The Morgan fingerprint density at radius 3 is 2.61 bits per heavy atom. The maximum absolute atomic E-state index is 14.7. The average molecular weight is 487 g/mol. The molecule has 0 amide bonds. The summed E-state index contributed by atoms with van der Waals surface area (Å²) in [6.45, 7) is 0.695. The third-order valence-corrected chi connectivity index (χ3v) is 6.75. The summed E-state index contributed by atoms with van der Waals surface area (Å²) in [5, 5.41) is 8.57. The minimum Gasteiger partial charge on any atom is -0.479 e. The van der Waals surface area contributed by atoms with Crippen LogP contribution < -0.4 is 10.5 Å². The Hall–Kier alpha value is -3.36. The van der Waals surface area contributed by atoms with Crippen LogP contribution in [0.5, 0.6) is 5.88 Å². The Labute approximate surface area is 187 Å². The number of carboxylic acid groups (broad SMARTS) is 1. The average Bonchev–Trinajstić information content (AvgIpc) is 2.72. The molecule has 3 rings (SSSR count). The van der Waals surface area contributed by atoms with E-state index in [4.69, 9.17) is 15.6 Å². The number of hydrogen-bond acceptors (Lipinski definition) is 9. The molecule has 1 aromatic heterocycles. The third kappa shape index (κ3) is 5.18. The van der Waals surface area contributed by atoms with E-state index in [2.05, 4.69) is 15.0 Å². The van der Waals surface area contributed by atoms with Crippen molar-refractivity contribution in [3.05, 3.63) is 53.0 Å². The summed E-state index contributed by atoms with van der Waals surface area (Å²) >= 11 is 0. The Bertz CT molecular complexity index is 1150. The van der Waals surface area contributed by atoms with Gasteiger partial charge in [-0.15, -0.1) is 10.8 Å². The molecule has 2 aromatic rings. The molecule has 5 N–H and O–H groups in total. The summed E-state index contributed by atoms with van der Waals surface area (Å²) < 4.78 is 70.0. The number of carboxylic acids is 1. The second-order valence-electron chi connectivity index (χ2n) is 7.30. The number of benzene rings is 1. The van der Waals surface area contributed by atoms with Gasteiger partial charge < -0.3 is 15.6 Å². The Balaban J connectivity index is 1.96. The summed E-state index contributed by atoms with van der Waals surface area (Å²) in [7, 11) is -2.15. The van der Waals surface area contributed by atoms with E-state index in [1.54, 1.807) is 0 Å². The lowest BCUT2D eigenvalue weighted by Gasteiger charge is -2.49. The van der Waals surface area contributed by atoms with Crippen LogP contribution in [0.1, 0.15) is 23.7 Å². The highest BCUT2D eigenvalue weighted by Crippen LogP contribution is 2.51. The monoisotopic (exact) mass is 487 g/mol. The predicted molar refractivity (Wildman–Crippen MR) is 115 cm³/mol. The lowest BCUT2D eigenvalue weighted by Crippen LogP contribution is -2.48. The molecule has 0 radical (unpaired) electrons. The van der Waals surface area contributed by atoms with Gasteiger partial charge in [0.05, 0.1) is 18.1 Å². The quantitative estimate of drug-likeness (QED) is 0.481. The van der Waals surface area contributed by atoms with Crippen molar-refractivity contribution in [3.63, 3.8) is 0 Å². The number of aliphatic carboxylic acids is 1. The van der Waals surface area contributed by atoms with Crippen LogP contribution in [0.15, 0.2) is 29.5 Å². The van der Waals surface area contributed by atoms with Gasteiger partial charge in [-0.2, -0.15) is 0 Å². The number of hydrogen-bond donors (Lipinski definition) is 4. The van der Waals surface area contributed by atoms with Gasteiger partial charge in [-0.3, -0.25) is 9.11 Å². The van der Waals surface area contributed by atoms with Crippen molar-refractivity contribution in [1.29, 1.82) is 0 Å². The first-order chi connectivity index (χ1) is 15.3. The molecule has 0 saturated heterocycles. The molecule has 10 nitrogen and oxygen atoms in total. The zero-order valence-electron chi connectivity index (χ0n) is 17.4. The highest BCUT2D eigenvalue weighted by Gasteiger charge is 2.42. The molecule has 0 spiro atoms. The van der Waals surface area contributed by atoms with E-state index in [-0.39, 0.29) is 28.7 Å². The number of rotatable bonds is 6. The molecule has 0 fully saturated rings. The standard InChI is InChI=1S/C19H20F3N5O5S/c1-19(9-33(30,31)27(2)18(23)26-19)11-3-10(5-13(21)17(11)22)4-12(20)14-6-25-15(7-24-14)32-8-16(28)29/h3-7,30-31H,8-9H2,1-2H3,(H2,23,26)(H,28,29). The summed E-state index contributed by atoms with van der Waals surface area (Å²) in [6.07, 6.45) is 2.85. The summed E-state index contributed by atoms with van der Waals surface area (Å²) in [4.78, 5) is 22.1. The van der Waals surface area contributed by atoms with Gasteiger partial charge in [-0.1, -0.05) is 0 Å². The minimum absolute atomic E-state index is 0.0974. The molecule has 0 saturated carbocycles. The molecule has 1 atom stereocenters. The fraction of sp³-hybridized carbons (Fsp3) is 0.263. The van der Waals surface area contributed by atoms with Gasteiger partial charge in [-0.05, 0) is 30.7 Å². The van der Waals surface area contributed by atoms with Crippen molar-refractivity contribution < 1.29 is 36.9 Å². The Morgan fingerprint density at radius 2 is 2.03 bits per heavy atom. The van der Waals surface area contributed by atoms with Gasteiger partial charge in [0.25, 0.3) is 0 Å². The molecule has 1 aromatic carbocycles. The number of guanidine groups is 1. The number of carbonyl (C=O) groups is 1. The molecule has 2 heterocycles. The first-order valence-corrected chi connectivity index (χ1v) is 10.9. The highest BCUT2D eigenvalue weighted by atomic mass is 32.3. The Kier molecular flexibility index (Phi) is 6.53. The van der Waals surface area contributed by atoms with Gasteiger partial charge in [0.2, 0.25) is 11.8 Å². The number of nitrogens with two attached hydrogens (primary N) is 1. The van der Waals surface area contributed by atoms with Crippen molar-refractivity contribution in [2.75, 3.05) is 19.4 Å². The third-order valence-electron chi connectivity index (χ3n) is 4.74. The van der Waals surface area contributed by atoms with Gasteiger partial charge >= 0.3 is 5.97 Å². The topological polar surface area (TPSA) is 154 Å². The second-order valence-corrected chi connectivity index (χ2v) is 9.40. The van der Waals surface area contributed by atoms with E-state index >= 15 is 0 Å². The largest absolute Gasteiger partial charge is 0.479 e. The zero-order valence-corrected chi connectivity index (χ0v) is 18.2. The van der Waals surface area contributed by atoms with Crippen LogP contribution in [0, 0.1) is 11.6 Å². The van der Waals surface area contributed by atoms with E-state index < -0.39 is 52.1 Å². The maximum atomic E-state index is 14.7. The summed E-state index contributed by atoms with van der Waals surface area (Å²) in [5.74, 6) is -5.67. The summed E-state index contributed by atoms with van der Waals surface area (Å²) in [5.41, 5.74) is 3.38. The molecule has 0 aliphatic carbocycles. The minimum atomic E-state index is -3.46. The molecule has 178 valence electrons. The zero-order chi connectivity index (χ0) is 24.6. The smallest absolute Gasteiger partial charge is 0.341 e. The first-order valence-electron chi connectivity index (χ1n) is 9.21. The van der Waals surface area contributed by atoms with Crippen LogP contribution in [0.3, 0.4) is 0 Å². The van der Waals surface area contributed by atoms with Crippen molar-refractivity contribution >= 4 is 34.6 Å². The lowest BCUT2D eigenvalue weighted by atomic mass is 9.92. The molecule has 14 heteroatoms. The van der Waals surface area contributed by atoms with Gasteiger partial charge in [0, 0.05) is 12.6 Å². The number of halogens is 3. The van der Waals surface area contributed by atoms with Crippen LogP contribution in [0.4, 0.5) is 13.2 Å². The Morgan fingerprint density at radius 1 is 1.33 bits per heavy atom. The van der Waals surface area contributed by atoms with Crippen LogP contribution in [-0.4, -0.2) is 59.8 Å². The highest BCUT2D eigenvalue weighted by molar-refractivity contribution is 8.22. The van der Waals surface area contributed by atoms with Crippen LogP contribution >= 0.6 is 10.8 Å². The van der Waals surface area contributed by atoms with E-state index in [0.717, 1.165) is 34.9 Å². The number of nitrogens with zero attached hydrogens (tertiary/aromatic N) is 4. The van der Waals surface area contributed by atoms with Gasteiger partial charge in [-0.25, -0.2) is 37.2 Å². The van der Waals surface area contributed by atoms with E-state index in [0.29, 0.717) is 0 Å². The van der Waals surface area contributed by atoms with E-state index in [9.17, 15) is 27.1 Å². The van der Waals surface area contributed by atoms with Crippen molar-refractivity contribution in [2.45, 2.75) is 12.5 Å². The molecule has 0 bridgehead atoms. The van der Waals surface area contributed by atoms with E-state index in [1.807, 2.05) is 0 Å². The first kappa shape index (κ1) is 24.3. The van der Waals surface area contributed by atoms with E-state index in [1.165, 1.54) is 14.0 Å². The van der Waals surface area contributed by atoms with Crippen molar-refractivity contribution in [2.24, 2.45) is 10.7 Å². The number of aromatic nitrogens is 2. The molecule has 1 unspecified atom stereocenters. The van der Waals surface area contributed by atoms with Crippen molar-refractivity contribution in [1.82, 2.24) is 14.3 Å². The van der Waals surface area contributed by atoms with Crippen molar-refractivity contribution in [3.8, 4) is 5.88 Å². The van der Waals surface area contributed by atoms with Crippen LogP contribution in [-0.2, 0) is 10.3 Å². The SMILES string of the molecule is CN1C(N)=NC(C)(c2cc(C=C(F)c3cnc(OCC(=O)O)cn3)cc(F)c2F)CS1(O)O. The number of ether oxygens (including phenoxy) is 1. The molecular formula is C19H20F3N5O5S. The van der Waals surface area contributed by atoms with Gasteiger partial charge in [0.15, 0.2) is 24.1 Å². The molecular weight excluding hydrogens is 467 g/mol. The normalized spacial score (nSPS) is 21.4.